The van der Waals surface area contributed by atoms with E-state index in [4.69, 9.17) is 11.6 Å². The minimum atomic E-state index is 0.249. The highest BCUT2D eigenvalue weighted by Gasteiger charge is 2.11. The van der Waals surface area contributed by atoms with Crippen LogP contribution in [0.15, 0.2) is 18.2 Å². The van der Waals surface area contributed by atoms with E-state index in [1.54, 1.807) is 0 Å². The van der Waals surface area contributed by atoms with Gasteiger partial charge < -0.3 is 4.57 Å². The molecule has 74 valence electrons. The van der Waals surface area contributed by atoms with E-state index in [1.807, 2.05) is 25.2 Å². The van der Waals surface area contributed by atoms with E-state index in [1.165, 1.54) is 0 Å². The number of fused-ring (bicyclic) bond motifs is 1. The first kappa shape index (κ1) is 9.99. The normalized spacial score (nSPS) is 13.4. The topological polar surface area (TPSA) is 17.8 Å². The predicted octanol–water partition coefficient (Wildman–Crippen LogP) is 3.68. The van der Waals surface area contributed by atoms with Crippen LogP contribution in [0.1, 0.15) is 17.6 Å². The predicted molar refractivity (Wildman–Crippen MR) is 63.1 cm³/mol. The van der Waals surface area contributed by atoms with Crippen LogP contribution >= 0.6 is 27.5 Å². The van der Waals surface area contributed by atoms with E-state index in [-0.39, 0.29) is 4.83 Å². The van der Waals surface area contributed by atoms with Crippen LogP contribution in [-0.2, 0) is 7.05 Å². The average Bonchev–Trinajstić information content (AvgIpc) is 2.43. The van der Waals surface area contributed by atoms with Crippen molar-refractivity contribution in [3.05, 3.63) is 29.0 Å². The fourth-order valence-corrected chi connectivity index (χ4v) is 2.12. The van der Waals surface area contributed by atoms with Gasteiger partial charge in [0.15, 0.2) is 0 Å². The largest absolute Gasteiger partial charge is 0.330 e. The van der Waals surface area contributed by atoms with Crippen molar-refractivity contribution in [2.75, 3.05) is 0 Å². The van der Waals surface area contributed by atoms with Gasteiger partial charge in [0.05, 0.1) is 15.9 Å². The third-order valence-corrected chi connectivity index (χ3v) is 2.88. The van der Waals surface area contributed by atoms with Crippen LogP contribution < -0.4 is 0 Å². The van der Waals surface area contributed by atoms with Gasteiger partial charge in [-0.05, 0) is 25.1 Å². The zero-order valence-corrected chi connectivity index (χ0v) is 10.3. The van der Waals surface area contributed by atoms with Crippen LogP contribution in [0.4, 0.5) is 0 Å². The van der Waals surface area contributed by atoms with Crippen molar-refractivity contribution in [3.8, 4) is 0 Å². The number of aromatic nitrogens is 2. The second-order valence-corrected chi connectivity index (χ2v) is 5.09. The van der Waals surface area contributed by atoms with Crippen molar-refractivity contribution < 1.29 is 0 Å². The van der Waals surface area contributed by atoms with E-state index in [2.05, 4.69) is 32.4 Å². The minimum Gasteiger partial charge on any atom is -0.330 e. The molecule has 0 aliphatic rings. The monoisotopic (exact) mass is 272 g/mol. The lowest BCUT2D eigenvalue weighted by Crippen LogP contribution is -1.97. The number of aryl methyl sites for hydroxylation is 1. The quantitative estimate of drug-likeness (QED) is 0.725. The van der Waals surface area contributed by atoms with E-state index in [0.29, 0.717) is 0 Å². The maximum absolute atomic E-state index is 5.90. The van der Waals surface area contributed by atoms with Crippen molar-refractivity contribution in [1.29, 1.82) is 0 Å². The molecule has 0 amide bonds. The molecule has 0 radical (unpaired) electrons. The number of alkyl halides is 1. The highest BCUT2D eigenvalue weighted by Crippen LogP contribution is 2.26. The van der Waals surface area contributed by atoms with Crippen molar-refractivity contribution in [3.63, 3.8) is 0 Å². The highest BCUT2D eigenvalue weighted by molar-refractivity contribution is 9.09. The van der Waals surface area contributed by atoms with E-state index in [9.17, 15) is 0 Å². The Labute approximate surface area is 96.0 Å². The fourth-order valence-electron chi connectivity index (χ4n) is 1.55. The first-order valence-electron chi connectivity index (χ1n) is 4.35. The molecule has 0 aliphatic heterocycles. The summed E-state index contributed by atoms with van der Waals surface area (Å²) in [5, 5.41) is 0.726. The molecule has 2 nitrogen and oxygen atoms in total. The maximum atomic E-state index is 5.90. The van der Waals surface area contributed by atoms with Crippen LogP contribution in [0.2, 0.25) is 5.02 Å². The zero-order chi connectivity index (χ0) is 10.3. The molecule has 1 unspecified atom stereocenters. The summed E-state index contributed by atoms with van der Waals surface area (Å²) < 4.78 is 2.07. The Morgan fingerprint density at radius 1 is 1.50 bits per heavy atom. The van der Waals surface area contributed by atoms with Gasteiger partial charge in [-0.25, -0.2) is 4.98 Å². The molecule has 1 aromatic heterocycles. The second-order valence-electron chi connectivity index (χ2n) is 3.28. The first-order chi connectivity index (χ1) is 6.59. The molecule has 0 fully saturated rings. The SMILES string of the molecule is CC(Br)c1nc2cc(Cl)ccc2n1C. The minimum absolute atomic E-state index is 0.249. The zero-order valence-electron chi connectivity index (χ0n) is 7.96. The highest BCUT2D eigenvalue weighted by atomic mass is 79.9. The van der Waals surface area contributed by atoms with Crippen LogP contribution in [0.5, 0.6) is 0 Å². The van der Waals surface area contributed by atoms with Gasteiger partial charge in [-0.15, -0.1) is 0 Å². The van der Waals surface area contributed by atoms with E-state index >= 15 is 0 Å². The lowest BCUT2D eigenvalue weighted by Gasteiger charge is -2.02. The number of halogens is 2. The van der Waals surface area contributed by atoms with Crippen LogP contribution in [0.3, 0.4) is 0 Å². The van der Waals surface area contributed by atoms with E-state index < -0.39 is 0 Å². The Kier molecular flexibility index (Phi) is 2.54. The van der Waals surface area contributed by atoms with Gasteiger partial charge in [-0.2, -0.15) is 0 Å². The lowest BCUT2D eigenvalue weighted by molar-refractivity contribution is 0.824. The smallest absolute Gasteiger partial charge is 0.123 e. The van der Waals surface area contributed by atoms with E-state index in [0.717, 1.165) is 21.9 Å². The summed E-state index contributed by atoms with van der Waals surface area (Å²) in [5.74, 6) is 1.02. The molecule has 2 aromatic rings. The Morgan fingerprint density at radius 3 is 2.86 bits per heavy atom. The molecule has 0 saturated carbocycles. The average molecular weight is 274 g/mol. The third-order valence-electron chi connectivity index (χ3n) is 2.23. The van der Waals surface area contributed by atoms with Gasteiger partial charge in [0.1, 0.15) is 5.82 Å². The molecular weight excluding hydrogens is 263 g/mol. The standard InChI is InChI=1S/C10H10BrClN2/c1-6(11)10-13-8-5-7(12)3-4-9(8)14(10)2/h3-6H,1-2H3. The number of hydrogen-bond donors (Lipinski definition) is 0. The summed E-state index contributed by atoms with van der Waals surface area (Å²) in [6, 6.07) is 5.76. The van der Waals surface area contributed by atoms with Crippen molar-refractivity contribution in [1.82, 2.24) is 9.55 Å². The first-order valence-corrected chi connectivity index (χ1v) is 5.65. The number of nitrogens with zero attached hydrogens (tertiary/aromatic N) is 2. The molecule has 0 spiro atoms. The van der Waals surface area contributed by atoms with Crippen molar-refractivity contribution >= 4 is 38.6 Å². The molecule has 0 bridgehead atoms. The molecule has 1 atom stereocenters. The Bertz CT molecular complexity index is 476. The Balaban J connectivity index is 2.73. The number of hydrogen-bond acceptors (Lipinski definition) is 1. The third kappa shape index (κ3) is 1.55. The summed E-state index contributed by atoms with van der Waals surface area (Å²) in [5.41, 5.74) is 2.05. The van der Waals surface area contributed by atoms with Crippen molar-refractivity contribution in [2.45, 2.75) is 11.8 Å². The van der Waals surface area contributed by atoms with Gasteiger partial charge in [0.2, 0.25) is 0 Å². The Morgan fingerprint density at radius 2 is 2.21 bits per heavy atom. The van der Waals surface area contributed by atoms with Gasteiger partial charge >= 0.3 is 0 Å². The molecule has 4 heteroatoms. The summed E-state index contributed by atoms with van der Waals surface area (Å²) in [6.07, 6.45) is 0. The van der Waals surface area contributed by atoms with Crippen molar-refractivity contribution in [2.24, 2.45) is 7.05 Å². The molecule has 0 aliphatic carbocycles. The second kappa shape index (κ2) is 3.55. The number of rotatable bonds is 1. The van der Waals surface area contributed by atoms with Gasteiger partial charge in [-0.1, -0.05) is 27.5 Å². The van der Waals surface area contributed by atoms with Gasteiger partial charge in [-0.3, -0.25) is 0 Å². The molecule has 0 saturated heterocycles. The fraction of sp³-hybridized carbons (Fsp3) is 0.300. The molecule has 1 heterocycles. The van der Waals surface area contributed by atoms with Crippen LogP contribution in [-0.4, -0.2) is 9.55 Å². The Hall–Kier alpha value is -0.540. The summed E-state index contributed by atoms with van der Waals surface area (Å²) in [6.45, 7) is 2.06. The maximum Gasteiger partial charge on any atom is 0.123 e. The van der Waals surface area contributed by atoms with Gasteiger partial charge in [0, 0.05) is 12.1 Å². The molecule has 0 N–H and O–H groups in total. The summed E-state index contributed by atoms with van der Waals surface area (Å²) in [4.78, 5) is 4.75. The molecule has 2 rings (SSSR count). The molecular formula is C10H10BrClN2. The van der Waals surface area contributed by atoms with Gasteiger partial charge in [0.25, 0.3) is 0 Å². The molecule has 1 aromatic carbocycles. The van der Waals surface area contributed by atoms with Crippen LogP contribution in [0, 0.1) is 0 Å². The van der Waals surface area contributed by atoms with Crippen LogP contribution in [0.25, 0.3) is 11.0 Å². The summed E-state index contributed by atoms with van der Waals surface area (Å²) in [7, 11) is 2.01. The molecule has 14 heavy (non-hydrogen) atoms. The number of benzene rings is 1. The summed E-state index contributed by atoms with van der Waals surface area (Å²) >= 11 is 9.41. The lowest BCUT2D eigenvalue weighted by atomic mass is 10.3. The number of imidazole rings is 1.